The van der Waals surface area contributed by atoms with E-state index in [1.54, 1.807) is 0 Å². The van der Waals surface area contributed by atoms with Crippen LogP contribution in [0, 0.1) is 0 Å². The molecule has 0 aliphatic carbocycles. The zero-order valence-corrected chi connectivity index (χ0v) is 15.0. The van der Waals surface area contributed by atoms with E-state index in [-0.39, 0.29) is 0 Å². The summed E-state index contributed by atoms with van der Waals surface area (Å²) in [5.41, 5.74) is 9.74. The second kappa shape index (κ2) is 6.84. The van der Waals surface area contributed by atoms with Gasteiger partial charge in [0.05, 0.1) is 25.5 Å². The number of hydrogen-bond acceptors (Lipinski definition) is 6. The SMILES string of the molecule is CCOc1cc(-c2cc(N3CCOC[C@H]3C)cc(N)n2)c2cc[nH]c2n1. The minimum Gasteiger partial charge on any atom is -0.478 e. The van der Waals surface area contributed by atoms with Crippen LogP contribution >= 0.6 is 0 Å². The summed E-state index contributed by atoms with van der Waals surface area (Å²) < 4.78 is 11.2. The van der Waals surface area contributed by atoms with Crippen molar-refractivity contribution in [2.75, 3.05) is 37.0 Å². The molecule has 1 aliphatic rings. The Morgan fingerprint density at radius 1 is 1.35 bits per heavy atom. The number of nitrogen functional groups attached to an aromatic ring is 1. The van der Waals surface area contributed by atoms with Crippen LogP contribution in [0.25, 0.3) is 22.3 Å². The maximum atomic E-state index is 6.14. The Morgan fingerprint density at radius 3 is 3.04 bits per heavy atom. The molecule has 136 valence electrons. The van der Waals surface area contributed by atoms with E-state index >= 15 is 0 Å². The Bertz CT molecular complexity index is 923. The molecule has 0 amide bonds. The Morgan fingerprint density at radius 2 is 2.23 bits per heavy atom. The number of nitrogens with one attached hydrogen (secondary N) is 1. The van der Waals surface area contributed by atoms with Crippen LogP contribution in [0.2, 0.25) is 0 Å². The molecule has 1 saturated heterocycles. The Balaban J connectivity index is 1.83. The number of aromatic nitrogens is 3. The average Bonchev–Trinajstić information content (AvgIpc) is 3.09. The lowest BCUT2D eigenvalue weighted by Crippen LogP contribution is -2.43. The predicted octanol–water partition coefficient (Wildman–Crippen LogP) is 2.83. The van der Waals surface area contributed by atoms with E-state index in [4.69, 9.17) is 15.2 Å². The van der Waals surface area contributed by atoms with Crippen LogP contribution in [0.4, 0.5) is 11.5 Å². The van der Waals surface area contributed by atoms with Gasteiger partial charge in [-0.1, -0.05) is 0 Å². The molecular weight excluding hydrogens is 330 g/mol. The van der Waals surface area contributed by atoms with Crippen molar-refractivity contribution >= 4 is 22.5 Å². The van der Waals surface area contributed by atoms with E-state index < -0.39 is 0 Å². The van der Waals surface area contributed by atoms with Crippen molar-refractivity contribution < 1.29 is 9.47 Å². The highest BCUT2D eigenvalue weighted by atomic mass is 16.5. The number of nitrogens with zero attached hydrogens (tertiary/aromatic N) is 3. The van der Waals surface area contributed by atoms with E-state index in [1.807, 2.05) is 31.3 Å². The third-order valence-electron chi connectivity index (χ3n) is 4.60. The molecule has 0 radical (unpaired) electrons. The number of rotatable bonds is 4. The van der Waals surface area contributed by atoms with E-state index in [1.165, 1.54) is 0 Å². The summed E-state index contributed by atoms with van der Waals surface area (Å²) in [6, 6.07) is 8.21. The molecular formula is C19H23N5O2. The topological polar surface area (TPSA) is 89.3 Å². The molecule has 0 aromatic carbocycles. The lowest BCUT2D eigenvalue weighted by atomic mass is 10.1. The van der Waals surface area contributed by atoms with Crippen molar-refractivity contribution in [2.24, 2.45) is 0 Å². The predicted molar refractivity (Wildman–Crippen MR) is 103 cm³/mol. The minimum absolute atomic E-state index is 0.294. The molecule has 0 spiro atoms. The lowest BCUT2D eigenvalue weighted by Gasteiger charge is -2.35. The quantitative estimate of drug-likeness (QED) is 0.750. The fourth-order valence-electron chi connectivity index (χ4n) is 3.40. The number of hydrogen-bond donors (Lipinski definition) is 2. The molecule has 4 rings (SSSR count). The summed E-state index contributed by atoms with van der Waals surface area (Å²) in [6.45, 7) is 6.91. The van der Waals surface area contributed by atoms with Crippen molar-refractivity contribution in [3.8, 4) is 17.1 Å². The number of anilines is 2. The van der Waals surface area contributed by atoms with E-state index in [0.29, 0.717) is 37.6 Å². The van der Waals surface area contributed by atoms with Crippen molar-refractivity contribution in [1.29, 1.82) is 0 Å². The highest BCUT2D eigenvalue weighted by molar-refractivity contribution is 5.93. The van der Waals surface area contributed by atoms with Gasteiger partial charge in [-0.2, -0.15) is 4.98 Å². The number of fused-ring (bicyclic) bond motifs is 1. The fraction of sp³-hybridized carbons (Fsp3) is 0.368. The Kier molecular flexibility index (Phi) is 4.38. The van der Waals surface area contributed by atoms with Gasteiger partial charge in [0, 0.05) is 47.6 Å². The molecule has 0 unspecified atom stereocenters. The minimum atomic E-state index is 0.294. The monoisotopic (exact) mass is 353 g/mol. The summed E-state index contributed by atoms with van der Waals surface area (Å²) in [5.74, 6) is 1.07. The normalized spacial score (nSPS) is 17.6. The summed E-state index contributed by atoms with van der Waals surface area (Å²) in [5, 5.41) is 0.993. The van der Waals surface area contributed by atoms with Gasteiger partial charge < -0.3 is 25.1 Å². The maximum absolute atomic E-state index is 6.14. The number of ether oxygens (including phenoxy) is 2. The Hall–Kier alpha value is -2.80. The first-order valence-corrected chi connectivity index (χ1v) is 8.89. The molecule has 3 aromatic rings. The zero-order valence-electron chi connectivity index (χ0n) is 15.0. The van der Waals surface area contributed by atoms with Crippen molar-refractivity contribution in [3.63, 3.8) is 0 Å². The third-order valence-corrected chi connectivity index (χ3v) is 4.60. The first-order chi connectivity index (χ1) is 12.7. The summed E-state index contributed by atoms with van der Waals surface area (Å²) in [4.78, 5) is 14.5. The number of morpholine rings is 1. The number of aromatic amines is 1. The van der Waals surface area contributed by atoms with Gasteiger partial charge in [0.25, 0.3) is 0 Å². The molecule has 1 aliphatic heterocycles. The fourth-order valence-corrected chi connectivity index (χ4v) is 3.40. The number of pyridine rings is 2. The molecule has 7 nitrogen and oxygen atoms in total. The molecule has 3 N–H and O–H groups in total. The van der Waals surface area contributed by atoms with Gasteiger partial charge in [-0.3, -0.25) is 0 Å². The van der Waals surface area contributed by atoms with Gasteiger partial charge in [-0.15, -0.1) is 0 Å². The smallest absolute Gasteiger partial charge is 0.215 e. The van der Waals surface area contributed by atoms with Crippen LogP contribution in [0.15, 0.2) is 30.5 Å². The third kappa shape index (κ3) is 3.06. The second-order valence-corrected chi connectivity index (χ2v) is 6.43. The van der Waals surface area contributed by atoms with Crippen LogP contribution < -0.4 is 15.4 Å². The van der Waals surface area contributed by atoms with Gasteiger partial charge in [0.2, 0.25) is 5.88 Å². The van der Waals surface area contributed by atoms with Crippen LogP contribution in [-0.2, 0) is 4.74 Å². The number of H-pyrrole nitrogens is 1. The van der Waals surface area contributed by atoms with Gasteiger partial charge in [-0.05, 0) is 26.0 Å². The molecule has 0 saturated carbocycles. The van der Waals surface area contributed by atoms with Crippen LogP contribution in [-0.4, -0.2) is 47.4 Å². The van der Waals surface area contributed by atoms with Crippen molar-refractivity contribution in [2.45, 2.75) is 19.9 Å². The average molecular weight is 353 g/mol. The molecule has 26 heavy (non-hydrogen) atoms. The molecule has 1 fully saturated rings. The van der Waals surface area contributed by atoms with E-state index in [9.17, 15) is 0 Å². The van der Waals surface area contributed by atoms with Crippen LogP contribution in [0.3, 0.4) is 0 Å². The summed E-state index contributed by atoms with van der Waals surface area (Å²) >= 11 is 0. The standard InChI is InChI=1S/C19H23N5O2/c1-3-26-18-10-15(14-4-5-21-19(14)23-18)16-8-13(9-17(20)22-16)24-6-7-25-11-12(24)2/h4-5,8-10,12H,3,6-7,11H2,1-2H3,(H2,20,22)(H,21,23)/t12-/m1/s1. The lowest BCUT2D eigenvalue weighted by molar-refractivity contribution is 0.0989. The van der Waals surface area contributed by atoms with Gasteiger partial charge in [-0.25, -0.2) is 4.98 Å². The van der Waals surface area contributed by atoms with E-state index in [2.05, 4.69) is 32.8 Å². The highest BCUT2D eigenvalue weighted by Gasteiger charge is 2.21. The first-order valence-electron chi connectivity index (χ1n) is 8.89. The van der Waals surface area contributed by atoms with Gasteiger partial charge in [0.1, 0.15) is 11.5 Å². The maximum Gasteiger partial charge on any atom is 0.215 e. The van der Waals surface area contributed by atoms with Gasteiger partial charge in [0.15, 0.2) is 0 Å². The zero-order chi connectivity index (χ0) is 18.1. The van der Waals surface area contributed by atoms with Crippen LogP contribution in [0.1, 0.15) is 13.8 Å². The molecule has 4 heterocycles. The van der Waals surface area contributed by atoms with Gasteiger partial charge >= 0.3 is 0 Å². The molecule has 1 atom stereocenters. The molecule has 0 bridgehead atoms. The van der Waals surface area contributed by atoms with Crippen molar-refractivity contribution in [3.05, 3.63) is 30.5 Å². The van der Waals surface area contributed by atoms with Crippen LogP contribution in [0.5, 0.6) is 5.88 Å². The number of nitrogens with two attached hydrogens (primary N) is 1. The first kappa shape index (κ1) is 16.7. The highest BCUT2D eigenvalue weighted by Crippen LogP contribution is 2.33. The Labute approximate surface area is 152 Å². The molecule has 7 heteroatoms. The summed E-state index contributed by atoms with van der Waals surface area (Å²) in [7, 11) is 0. The van der Waals surface area contributed by atoms with E-state index in [0.717, 1.165) is 34.5 Å². The van der Waals surface area contributed by atoms with Crippen molar-refractivity contribution in [1.82, 2.24) is 15.0 Å². The largest absolute Gasteiger partial charge is 0.478 e. The second-order valence-electron chi connectivity index (χ2n) is 6.43. The summed E-state index contributed by atoms with van der Waals surface area (Å²) in [6.07, 6.45) is 1.87. The molecule has 3 aromatic heterocycles.